The van der Waals surface area contributed by atoms with Gasteiger partial charge in [0, 0.05) is 0 Å². The lowest BCUT2D eigenvalue weighted by atomic mass is 10.1. The molecule has 0 radical (unpaired) electrons. The van der Waals surface area contributed by atoms with Gasteiger partial charge >= 0.3 is 0 Å². The fraction of sp³-hybridized carbons (Fsp3) is 0.278. The van der Waals surface area contributed by atoms with Gasteiger partial charge in [0.25, 0.3) is 5.91 Å². The van der Waals surface area contributed by atoms with E-state index < -0.39 is 6.10 Å². The molecule has 122 valence electrons. The lowest BCUT2D eigenvalue weighted by molar-refractivity contribution is -0.122. The lowest BCUT2D eigenvalue weighted by Crippen LogP contribution is -2.30. The van der Waals surface area contributed by atoms with Gasteiger partial charge in [-0.3, -0.25) is 4.79 Å². The highest BCUT2D eigenvalue weighted by atomic mass is 35.5. The number of halogens is 2. The van der Waals surface area contributed by atoms with Gasteiger partial charge in [-0.05, 0) is 62.6 Å². The molecule has 0 bridgehead atoms. The summed E-state index contributed by atoms with van der Waals surface area (Å²) in [5.41, 5.74) is 3.71. The van der Waals surface area contributed by atoms with Gasteiger partial charge in [0.15, 0.2) is 6.10 Å². The van der Waals surface area contributed by atoms with Crippen LogP contribution in [-0.2, 0) is 4.79 Å². The number of nitrogens with one attached hydrogen (secondary N) is 1. The van der Waals surface area contributed by atoms with E-state index in [4.69, 9.17) is 27.9 Å². The zero-order valence-corrected chi connectivity index (χ0v) is 15.0. The molecule has 0 unspecified atom stereocenters. The Bertz CT molecular complexity index is 744. The first-order valence-electron chi connectivity index (χ1n) is 7.29. The summed E-state index contributed by atoms with van der Waals surface area (Å²) >= 11 is 12.0. The minimum Gasteiger partial charge on any atom is -0.481 e. The van der Waals surface area contributed by atoms with Crippen molar-refractivity contribution in [2.75, 3.05) is 5.32 Å². The normalized spacial score (nSPS) is 11.9. The first kappa shape index (κ1) is 17.6. The third-order valence-corrected chi connectivity index (χ3v) is 4.47. The van der Waals surface area contributed by atoms with E-state index in [0.717, 1.165) is 16.7 Å². The Morgan fingerprint density at radius 2 is 1.87 bits per heavy atom. The summed E-state index contributed by atoms with van der Waals surface area (Å²) in [4.78, 5) is 12.3. The quantitative estimate of drug-likeness (QED) is 0.808. The Kier molecular flexibility index (Phi) is 5.55. The van der Waals surface area contributed by atoms with Crippen LogP contribution >= 0.6 is 23.2 Å². The fourth-order valence-electron chi connectivity index (χ4n) is 2.20. The Morgan fingerprint density at radius 3 is 2.57 bits per heavy atom. The van der Waals surface area contributed by atoms with Crippen LogP contribution in [0.1, 0.15) is 23.6 Å². The zero-order valence-electron chi connectivity index (χ0n) is 13.5. The van der Waals surface area contributed by atoms with Crippen LogP contribution in [0.15, 0.2) is 30.3 Å². The summed E-state index contributed by atoms with van der Waals surface area (Å²) in [6.07, 6.45) is -0.662. The second-order valence-corrected chi connectivity index (χ2v) is 6.34. The Hall–Kier alpha value is -1.71. The number of hydrogen-bond donors (Lipinski definition) is 1. The molecule has 0 saturated carbocycles. The molecule has 23 heavy (non-hydrogen) atoms. The maximum absolute atomic E-state index is 12.3. The molecule has 2 rings (SSSR count). The molecular weight excluding hydrogens is 333 g/mol. The van der Waals surface area contributed by atoms with Crippen molar-refractivity contribution < 1.29 is 9.53 Å². The maximum Gasteiger partial charge on any atom is 0.265 e. The van der Waals surface area contributed by atoms with E-state index >= 15 is 0 Å². The maximum atomic E-state index is 12.3. The average Bonchev–Trinajstić information content (AvgIpc) is 2.48. The molecule has 0 aliphatic heterocycles. The summed E-state index contributed by atoms with van der Waals surface area (Å²) < 4.78 is 5.82. The molecule has 5 heteroatoms. The van der Waals surface area contributed by atoms with E-state index in [9.17, 15) is 4.79 Å². The van der Waals surface area contributed by atoms with Crippen molar-refractivity contribution in [3.05, 3.63) is 57.1 Å². The second-order valence-electron chi connectivity index (χ2n) is 5.56. The van der Waals surface area contributed by atoms with Crippen LogP contribution in [0.3, 0.4) is 0 Å². The fourth-order valence-corrected chi connectivity index (χ4v) is 2.55. The number of carbonyl (C=O) groups excluding carboxylic acids is 1. The highest BCUT2D eigenvalue weighted by molar-refractivity contribution is 6.44. The van der Waals surface area contributed by atoms with Gasteiger partial charge in [-0.2, -0.15) is 0 Å². The smallest absolute Gasteiger partial charge is 0.265 e. The predicted octanol–water partition coefficient (Wildman–Crippen LogP) is 5.32. The number of carbonyl (C=O) groups is 1. The van der Waals surface area contributed by atoms with Crippen molar-refractivity contribution in [3.63, 3.8) is 0 Å². The van der Waals surface area contributed by atoms with E-state index in [1.165, 1.54) is 0 Å². The molecule has 1 atom stereocenters. The third kappa shape index (κ3) is 4.18. The number of aryl methyl sites for hydroxylation is 2. The van der Waals surface area contributed by atoms with Crippen LogP contribution in [0.5, 0.6) is 5.75 Å². The van der Waals surface area contributed by atoms with Crippen molar-refractivity contribution >= 4 is 34.8 Å². The van der Waals surface area contributed by atoms with Crippen LogP contribution in [0.25, 0.3) is 0 Å². The summed E-state index contributed by atoms with van der Waals surface area (Å²) in [7, 11) is 0. The highest BCUT2D eigenvalue weighted by Crippen LogP contribution is 2.30. The zero-order chi connectivity index (χ0) is 17.1. The molecule has 0 fully saturated rings. The molecule has 0 saturated heterocycles. The molecule has 0 spiro atoms. The average molecular weight is 352 g/mol. The number of anilines is 1. The van der Waals surface area contributed by atoms with E-state index in [-0.39, 0.29) is 5.91 Å². The summed E-state index contributed by atoms with van der Waals surface area (Å²) in [6.45, 7) is 7.69. The number of rotatable bonds is 4. The van der Waals surface area contributed by atoms with E-state index in [2.05, 4.69) is 11.4 Å². The van der Waals surface area contributed by atoms with Crippen molar-refractivity contribution in [2.24, 2.45) is 0 Å². The second kappa shape index (κ2) is 7.24. The molecule has 1 N–H and O–H groups in total. The Balaban J connectivity index is 2.13. The third-order valence-electron chi connectivity index (χ3n) is 3.65. The van der Waals surface area contributed by atoms with Gasteiger partial charge in [0.05, 0.1) is 15.7 Å². The Morgan fingerprint density at radius 1 is 1.17 bits per heavy atom. The molecule has 0 aliphatic carbocycles. The van der Waals surface area contributed by atoms with Crippen molar-refractivity contribution in [1.29, 1.82) is 0 Å². The minimum atomic E-state index is -0.662. The van der Waals surface area contributed by atoms with Crippen LogP contribution in [0.2, 0.25) is 10.0 Å². The largest absolute Gasteiger partial charge is 0.481 e. The van der Waals surface area contributed by atoms with Crippen molar-refractivity contribution in [3.8, 4) is 5.75 Å². The summed E-state index contributed by atoms with van der Waals surface area (Å²) in [5.74, 6) is 0.426. The lowest BCUT2D eigenvalue weighted by Gasteiger charge is -2.18. The van der Waals surface area contributed by atoms with Gasteiger partial charge in [-0.1, -0.05) is 35.3 Å². The predicted molar refractivity (Wildman–Crippen MR) is 95.8 cm³/mol. The standard InChI is InChI=1S/C18H19Cl2NO2/c1-10-8-11(2)12(3)16(9-10)23-13(4)18(22)21-15-7-5-6-14(19)17(15)20/h5-9,13H,1-4H3,(H,21,22)/t13-/m0/s1. The number of hydrogen-bond acceptors (Lipinski definition) is 2. The van der Waals surface area contributed by atoms with E-state index in [1.807, 2.05) is 26.8 Å². The van der Waals surface area contributed by atoms with Crippen molar-refractivity contribution in [2.45, 2.75) is 33.8 Å². The number of ether oxygens (including phenoxy) is 1. The first-order valence-corrected chi connectivity index (χ1v) is 8.04. The molecule has 2 aromatic rings. The van der Waals surface area contributed by atoms with Gasteiger partial charge in [0.1, 0.15) is 5.75 Å². The van der Waals surface area contributed by atoms with Crippen LogP contribution in [0.4, 0.5) is 5.69 Å². The number of benzene rings is 2. The summed E-state index contributed by atoms with van der Waals surface area (Å²) in [5, 5.41) is 3.45. The van der Waals surface area contributed by atoms with E-state index in [1.54, 1.807) is 25.1 Å². The summed E-state index contributed by atoms with van der Waals surface area (Å²) in [6, 6.07) is 9.10. The SMILES string of the molecule is Cc1cc(C)c(C)c(O[C@@H](C)C(=O)Nc2cccc(Cl)c2Cl)c1. The molecule has 2 aromatic carbocycles. The van der Waals surface area contributed by atoms with Gasteiger partial charge < -0.3 is 10.1 Å². The monoisotopic (exact) mass is 351 g/mol. The molecule has 0 heterocycles. The van der Waals surface area contributed by atoms with Crippen LogP contribution in [-0.4, -0.2) is 12.0 Å². The van der Waals surface area contributed by atoms with Crippen LogP contribution < -0.4 is 10.1 Å². The van der Waals surface area contributed by atoms with Gasteiger partial charge in [0.2, 0.25) is 0 Å². The van der Waals surface area contributed by atoms with Crippen molar-refractivity contribution in [1.82, 2.24) is 0 Å². The molecule has 3 nitrogen and oxygen atoms in total. The minimum absolute atomic E-state index is 0.285. The van der Waals surface area contributed by atoms with Crippen LogP contribution in [0, 0.1) is 20.8 Å². The molecular formula is C18H19Cl2NO2. The molecule has 0 aliphatic rings. The van der Waals surface area contributed by atoms with E-state index in [0.29, 0.717) is 21.5 Å². The highest BCUT2D eigenvalue weighted by Gasteiger charge is 2.18. The molecule has 0 aromatic heterocycles. The van der Waals surface area contributed by atoms with Gasteiger partial charge in [-0.25, -0.2) is 0 Å². The number of amides is 1. The molecule has 1 amide bonds. The first-order chi connectivity index (χ1) is 10.8. The topological polar surface area (TPSA) is 38.3 Å². The Labute approximate surface area is 146 Å². The van der Waals surface area contributed by atoms with Gasteiger partial charge in [-0.15, -0.1) is 0 Å².